The molecular weight excluding hydrogens is 266 g/mol. The Morgan fingerprint density at radius 1 is 1.14 bits per heavy atom. The first-order chi connectivity index (χ1) is 10.1. The van der Waals surface area contributed by atoms with Crippen LogP contribution in [-0.2, 0) is 0 Å². The summed E-state index contributed by atoms with van der Waals surface area (Å²) < 4.78 is 10.8. The molecule has 118 valence electrons. The molecule has 0 aliphatic carbocycles. The van der Waals surface area contributed by atoms with E-state index in [1.165, 1.54) is 5.56 Å². The highest BCUT2D eigenvalue weighted by Gasteiger charge is 2.30. The van der Waals surface area contributed by atoms with E-state index in [4.69, 9.17) is 9.47 Å². The monoisotopic (exact) mass is 293 g/mol. The van der Waals surface area contributed by atoms with Crippen LogP contribution in [-0.4, -0.2) is 70.8 Å². The fourth-order valence-electron chi connectivity index (χ4n) is 3.03. The molecule has 1 heterocycles. The molecule has 0 radical (unpaired) electrons. The van der Waals surface area contributed by atoms with Gasteiger partial charge < -0.3 is 19.7 Å². The number of ether oxygens (including phenoxy) is 2. The molecule has 1 aliphatic heterocycles. The molecule has 0 aromatic heterocycles. The van der Waals surface area contributed by atoms with Crippen molar-refractivity contribution in [3.8, 4) is 11.5 Å². The van der Waals surface area contributed by atoms with Crippen molar-refractivity contribution in [1.29, 1.82) is 0 Å². The lowest BCUT2D eigenvalue weighted by molar-refractivity contribution is 0.0896. The van der Waals surface area contributed by atoms with E-state index in [2.05, 4.69) is 41.3 Å². The highest BCUT2D eigenvalue weighted by Crippen LogP contribution is 2.32. The lowest BCUT2D eigenvalue weighted by Crippen LogP contribution is -2.54. The molecule has 0 saturated carbocycles. The van der Waals surface area contributed by atoms with Crippen molar-refractivity contribution in [3.05, 3.63) is 23.8 Å². The third kappa shape index (κ3) is 3.48. The summed E-state index contributed by atoms with van der Waals surface area (Å²) in [6, 6.07) is 6.86. The van der Waals surface area contributed by atoms with Gasteiger partial charge >= 0.3 is 0 Å². The summed E-state index contributed by atoms with van der Waals surface area (Å²) in [7, 11) is 9.74. The number of rotatable bonds is 5. The number of likely N-dealkylation sites (N-methyl/N-ethyl adjacent to an activating group) is 3. The van der Waals surface area contributed by atoms with Gasteiger partial charge in [-0.1, -0.05) is 6.07 Å². The van der Waals surface area contributed by atoms with Crippen LogP contribution in [0.1, 0.15) is 11.6 Å². The van der Waals surface area contributed by atoms with Crippen molar-refractivity contribution in [3.63, 3.8) is 0 Å². The number of nitrogens with one attached hydrogen (secondary N) is 1. The summed E-state index contributed by atoms with van der Waals surface area (Å²) in [5.41, 5.74) is 1.22. The zero-order valence-corrected chi connectivity index (χ0v) is 13.7. The Kier molecular flexibility index (Phi) is 5.45. The minimum absolute atomic E-state index is 0.262. The normalized spacial score (nSPS) is 22.0. The highest BCUT2D eigenvalue weighted by molar-refractivity contribution is 5.44. The van der Waals surface area contributed by atoms with E-state index in [-0.39, 0.29) is 6.04 Å². The van der Waals surface area contributed by atoms with Crippen molar-refractivity contribution in [2.75, 3.05) is 55.0 Å². The van der Waals surface area contributed by atoms with Gasteiger partial charge in [-0.15, -0.1) is 0 Å². The molecule has 1 aromatic carbocycles. The molecule has 2 atom stereocenters. The second kappa shape index (κ2) is 7.11. The summed E-state index contributed by atoms with van der Waals surface area (Å²) in [6.07, 6.45) is 0. The molecular formula is C16H27N3O2. The Morgan fingerprint density at radius 2 is 1.86 bits per heavy atom. The lowest BCUT2D eigenvalue weighted by atomic mass is 9.96. The van der Waals surface area contributed by atoms with Crippen molar-refractivity contribution >= 4 is 0 Å². The van der Waals surface area contributed by atoms with Gasteiger partial charge in [-0.3, -0.25) is 4.90 Å². The Bertz CT molecular complexity index is 467. The van der Waals surface area contributed by atoms with Crippen molar-refractivity contribution in [1.82, 2.24) is 15.1 Å². The van der Waals surface area contributed by atoms with Crippen molar-refractivity contribution < 1.29 is 9.47 Å². The predicted molar refractivity (Wildman–Crippen MR) is 85.3 cm³/mol. The average molecular weight is 293 g/mol. The first kappa shape index (κ1) is 16.1. The van der Waals surface area contributed by atoms with Crippen LogP contribution < -0.4 is 14.8 Å². The molecule has 2 rings (SSSR count). The van der Waals surface area contributed by atoms with E-state index in [1.54, 1.807) is 14.2 Å². The maximum Gasteiger partial charge on any atom is 0.161 e. The SMILES string of the molecule is CNC(c1ccc(OC)c(OC)c1)C1CN(C)CCN1C. The topological polar surface area (TPSA) is 37.0 Å². The number of methoxy groups -OCH3 is 2. The Hall–Kier alpha value is -1.30. The Morgan fingerprint density at radius 3 is 2.48 bits per heavy atom. The van der Waals surface area contributed by atoms with Gasteiger partial charge in [0.25, 0.3) is 0 Å². The van der Waals surface area contributed by atoms with Crippen molar-refractivity contribution in [2.24, 2.45) is 0 Å². The molecule has 21 heavy (non-hydrogen) atoms. The quantitative estimate of drug-likeness (QED) is 0.883. The summed E-state index contributed by atoms with van der Waals surface area (Å²) in [6.45, 7) is 3.26. The second-order valence-electron chi connectivity index (χ2n) is 5.69. The van der Waals surface area contributed by atoms with Crippen molar-refractivity contribution in [2.45, 2.75) is 12.1 Å². The van der Waals surface area contributed by atoms with Gasteiger partial charge in [0, 0.05) is 31.7 Å². The molecule has 1 aliphatic rings. The number of hydrogen-bond donors (Lipinski definition) is 1. The van der Waals surface area contributed by atoms with E-state index in [0.29, 0.717) is 6.04 Å². The Balaban J connectivity index is 2.28. The molecule has 1 saturated heterocycles. The van der Waals surface area contributed by atoms with E-state index >= 15 is 0 Å². The third-order valence-electron chi connectivity index (χ3n) is 4.36. The Labute approximate surface area is 127 Å². The van der Waals surface area contributed by atoms with Gasteiger partial charge in [0.1, 0.15) is 0 Å². The van der Waals surface area contributed by atoms with Gasteiger partial charge in [-0.05, 0) is 38.8 Å². The summed E-state index contributed by atoms with van der Waals surface area (Å²) in [5.74, 6) is 1.55. The molecule has 1 aromatic rings. The molecule has 0 bridgehead atoms. The molecule has 5 heteroatoms. The van der Waals surface area contributed by atoms with Crippen LogP contribution in [0.25, 0.3) is 0 Å². The number of hydrogen-bond acceptors (Lipinski definition) is 5. The predicted octanol–water partition coefficient (Wildman–Crippen LogP) is 1.21. The highest BCUT2D eigenvalue weighted by atomic mass is 16.5. The number of nitrogens with zero attached hydrogens (tertiary/aromatic N) is 2. The average Bonchev–Trinajstić information content (AvgIpc) is 2.51. The van der Waals surface area contributed by atoms with Crippen LogP contribution in [0.2, 0.25) is 0 Å². The summed E-state index contributed by atoms with van der Waals surface area (Å²) in [4.78, 5) is 4.81. The largest absolute Gasteiger partial charge is 0.493 e. The molecule has 0 amide bonds. The smallest absolute Gasteiger partial charge is 0.161 e. The van der Waals surface area contributed by atoms with Gasteiger partial charge in [0.15, 0.2) is 11.5 Å². The minimum atomic E-state index is 0.262. The van der Waals surface area contributed by atoms with E-state index in [0.717, 1.165) is 31.1 Å². The van der Waals surface area contributed by atoms with E-state index < -0.39 is 0 Å². The second-order valence-corrected chi connectivity index (χ2v) is 5.69. The minimum Gasteiger partial charge on any atom is -0.493 e. The molecule has 0 spiro atoms. The van der Waals surface area contributed by atoms with Gasteiger partial charge in [-0.2, -0.15) is 0 Å². The number of piperazine rings is 1. The van der Waals surface area contributed by atoms with E-state index in [9.17, 15) is 0 Å². The molecule has 2 unspecified atom stereocenters. The fraction of sp³-hybridized carbons (Fsp3) is 0.625. The van der Waals surface area contributed by atoms with Crippen LogP contribution in [0.4, 0.5) is 0 Å². The summed E-state index contributed by atoms with van der Waals surface area (Å²) >= 11 is 0. The van der Waals surface area contributed by atoms with Gasteiger partial charge in [-0.25, -0.2) is 0 Å². The van der Waals surface area contributed by atoms with E-state index in [1.807, 2.05) is 13.1 Å². The van der Waals surface area contributed by atoms with Crippen LogP contribution in [0, 0.1) is 0 Å². The number of benzene rings is 1. The zero-order valence-electron chi connectivity index (χ0n) is 13.7. The van der Waals surface area contributed by atoms with Crippen LogP contribution in [0.3, 0.4) is 0 Å². The third-order valence-corrected chi connectivity index (χ3v) is 4.36. The van der Waals surface area contributed by atoms with Crippen LogP contribution in [0.15, 0.2) is 18.2 Å². The van der Waals surface area contributed by atoms with Gasteiger partial charge in [0.05, 0.1) is 14.2 Å². The lowest BCUT2D eigenvalue weighted by Gasteiger charge is -2.42. The first-order valence-electron chi connectivity index (χ1n) is 7.38. The molecule has 1 fully saturated rings. The van der Waals surface area contributed by atoms with Crippen LogP contribution >= 0.6 is 0 Å². The first-order valence-corrected chi connectivity index (χ1v) is 7.38. The fourth-order valence-corrected chi connectivity index (χ4v) is 3.03. The maximum absolute atomic E-state index is 5.43. The maximum atomic E-state index is 5.43. The van der Waals surface area contributed by atoms with Crippen LogP contribution in [0.5, 0.6) is 11.5 Å². The summed E-state index contributed by atoms with van der Waals surface area (Å²) in [5, 5.41) is 3.46. The molecule has 1 N–H and O–H groups in total. The standard InChI is InChI=1S/C16H27N3O2/c1-17-16(13-11-18(2)8-9-19(13)3)12-6-7-14(20-4)15(10-12)21-5/h6-7,10,13,16-17H,8-9,11H2,1-5H3. The molecule has 5 nitrogen and oxygen atoms in total. The zero-order chi connectivity index (χ0) is 15.4. The van der Waals surface area contributed by atoms with Gasteiger partial charge in [0.2, 0.25) is 0 Å².